The van der Waals surface area contributed by atoms with Crippen LogP contribution in [0.25, 0.3) is 0 Å². The third-order valence-corrected chi connectivity index (χ3v) is 17.0. The van der Waals surface area contributed by atoms with E-state index in [0.29, 0.717) is 32.1 Å². The number of rotatable bonds is 70. The Morgan fingerprint density at radius 2 is 0.558 bits per heavy atom. The second-order valence-corrected chi connectivity index (χ2v) is 27.7. The van der Waals surface area contributed by atoms with Gasteiger partial charge in [0.15, 0.2) is 12.2 Å². The molecule has 5 unspecified atom stereocenters. The van der Waals surface area contributed by atoms with Crippen molar-refractivity contribution in [3.8, 4) is 0 Å². The average Bonchev–Trinajstić information content (AvgIpc) is 0.928. The number of allylic oxidation sites excluding steroid dienone is 31. The quantitative estimate of drug-likeness (QED) is 0.0169. The lowest BCUT2D eigenvalue weighted by Gasteiger charge is -2.21. The number of unbranched alkanes of at least 4 members (excludes halogenated alkanes) is 13. The SMILES string of the molecule is CC/C=C\C/C=C\C/C=C\C/C=C\C/C=C\C/C=C\CCC(=O)OCC(COP(=O)(O)OCC(O)COP(=O)(O)OCC(COC(=O)C/C=C\C/C=C\C/C=C\C/C=C\C/C=C\CC)OC(=O)CCCCCCC/C=C\CCCC)OC(=O)CCCCCCCC/C=C\C/C=C\C/C=C\C/C=C\CC. The zero-order valence-corrected chi connectivity index (χ0v) is 65.6. The molecule has 0 aliphatic rings. The maximum Gasteiger partial charge on any atom is 0.472 e. The minimum Gasteiger partial charge on any atom is -0.462 e. The Kier molecular flexibility index (Phi) is 70.7. The highest BCUT2D eigenvalue weighted by Gasteiger charge is 2.30. The highest BCUT2D eigenvalue weighted by atomic mass is 31.2. The smallest absolute Gasteiger partial charge is 0.462 e. The molecule has 0 rings (SSSR count). The second-order valence-electron chi connectivity index (χ2n) is 24.8. The lowest BCUT2D eigenvalue weighted by molar-refractivity contribution is -0.161. The first-order chi connectivity index (χ1) is 50.7. The van der Waals surface area contributed by atoms with Gasteiger partial charge in [0.25, 0.3) is 0 Å². The van der Waals surface area contributed by atoms with E-state index in [1.807, 2.05) is 36.5 Å². The Labute approximate surface area is 627 Å². The molecule has 17 nitrogen and oxygen atoms in total. The predicted molar refractivity (Wildman–Crippen MR) is 426 cm³/mol. The molecule has 19 heteroatoms. The highest BCUT2D eigenvalue weighted by Crippen LogP contribution is 2.45. The van der Waals surface area contributed by atoms with Crippen molar-refractivity contribution in [3.63, 3.8) is 0 Å². The third-order valence-electron chi connectivity index (χ3n) is 15.1. The lowest BCUT2D eigenvalue weighted by atomic mass is 10.1. The summed E-state index contributed by atoms with van der Waals surface area (Å²) in [6, 6.07) is 0. The first-order valence-corrected chi connectivity index (χ1v) is 41.7. The summed E-state index contributed by atoms with van der Waals surface area (Å²) in [5.41, 5.74) is 0. The first kappa shape index (κ1) is 97.9. The van der Waals surface area contributed by atoms with Crippen molar-refractivity contribution < 1.29 is 80.2 Å². The van der Waals surface area contributed by atoms with Gasteiger partial charge in [0.2, 0.25) is 0 Å². The van der Waals surface area contributed by atoms with Gasteiger partial charge in [-0.25, -0.2) is 9.13 Å². The summed E-state index contributed by atoms with van der Waals surface area (Å²) < 4.78 is 68.3. The van der Waals surface area contributed by atoms with Gasteiger partial charge in [-0.2, -0.15) is 0 Å². The summed E-state index contributed by atoms with van der Waals surface area (Å²) in [6.45, 7) is 4.22. The van der Waals surface area contributed by atoms with Gasteiger partial charge >= 0.3 is 39.5 Å². The number of hydrogen-bond donors (Lipinski definition) is 3. The van der Waals surface area contributed by atoms with Crippen molar-refractivity contribution >= 4 is 39.5 Å². The largest absolute Gasteiger partial charge is 0.472 e. The maximum atomic E-state index is 13.1. The van der Waals surface area contributed by atoms with Crippen LogP contribution in [0.5, 0.6) is 0 Å². The van der Waals surface area contributed by atoms with E-state index in [1.54, 1.807) is 6.08 Å². The van der Waals surface area contributed by atoms with Crippen molar-refractivity contribution in [2.75, 3.05) is 39.6 Å². The predicted octanol–water partition coefficient (Wildman–Crippen LogP) is 22.5. The van der Waals surface area contributed by atoms with E-state index in [1.165, 1.54) is 6.42 Å². The monoisotopic (exact) mass is 1490 g/mol. The number of hydrogen-bond acceptors (Lipinski definition) is 15. The van der Waals surface area contributed by atoms with Crippen LogP contribution >= 0.6 is 15.6 Å². The lowest BCUT2D eigenvalue weighted by Crippen LogP contribution is -2.30. The highest BCUT2D eigenvalue weighted by molar-refractivity contribution is 7.47. The molecule has 586 valence electrons. The minimum atomic E-state index is -5.01. The first-order valence-electron chi connectivity index (χ1n) is 38.7. The van der Waals surface area contributed by atoms with E-state index < -0.39 is 97.5 Å². The molecule has 0 spiro atoms. The van der Waals surface area contributed by atoms with Crippen LogP contribution in [0.15, 0.2) is 194 Å². The topological polar surface area (TPSA) is 237 Å². The summed E-state index contributed by atoms with van der Waals surface area (Å²) in [6.07, 6.45) is 91.9. The molecule has 104 heavy (non-hydrogen) atoms. The molecule has 0 aromatic rings. The number of phosphoric ester groups is 2. The molecular formula is C85H134O17P2. The van der Waals surface area contributed by atoms with Crippen LogP contribution in [0, 0.1) is 0 Å². The number of aliphatic hydroxyl groups excluding tert-OH is 1. The molecule has 0 aromatic heterocycles. The third kappa shape index (κ3) is 74.2. The molecule has 3 N–H and O–H groups in total. The second kappa shape index (κ2) is 75.1. The maximum absolute atomic E-state index is 13.1. The molecule has 0 aliphatic heterocycles. The zero-order valence-electron chi connectivity index (χ0n) is 63.9. The molecule has 0 aliphatic carbocycles. The molecule has 0 saturated carbocycles. The number of carbonyl (C=O) groups is 4. The van der Waals surface area contributed by atoms with Gasteiger partial charge in [0.1, 0.15) is 19.3 Å². The minimum absolute atomic E-state index is 0.0229. The van der Waals surface area contributed by atoms with Crippen molar-refractivity contribution in [2.24, 2.45) is 0 Å². The van der Waals surface area contributed by atoms with Gasteiger partial charge in [-0.05, 0) is 148 Å². The summed E-state index contributed by atoms with van der Waals surface area (Å²) >= 11 is 0. The normalized spacial score (nSPS) is 15.0. The average molecular weight is 1490 g/mol. The molecule has 0 saturated heterocycles. The molecule has 0 bridgehead atoms. The fraction of sp³-hybridized carbons (Fsp3) is 0.576. The van der Waals surface area contributed by atoms with Gasteiger partial charge in [0, 0.05) is 19.3 Å². The van der Waals surface area contributed by atoms with E-state index in [9.17, 15) is 43.2 Å². The van der Waals surface area contributed by atoms with Crippen LogP contribution in [0.1, 0.15) is 259 Å². The molecule has 0 amide bonds. The molecular weight excluding hydrogens is 1350 g/mol. The Morgan fingerprint density at radius 1 is 0.288 bits per heavy atom. The van der Waals surface area contributed by atoms with E-state index >= 15 is 0 Å². The van der Waals surface area contributed by atoms with Crippen LogP contribution in [-0.2, 0) is 65.4 Å². The van der Waals surface area contributed by atoms with Crippen LogP contribution in [0.2, 0.25) is 0 Å². The van der Waals surface area contributed by atoms with E-state index in [2.05, 4.69) is 180 Å². The van der Waals surface area contributed by atoms with Crippen LogP contribution in [-0.4, -0.2) is 96.7 Å². The van der Waals surface area contributed by atoms with Gasteiger partial charge < -0.3 is 33.8 Å². The summed E-state index contributed by atoms with van der Waals surface area (Å²) in [5, 5.41) is 10.6. The van der Waals surface area contributed by atoms with Crippen molar-refractivity contribution in [2.45, 2.75) is 277 Å². The fourth-order valence-electron chi connectivity index (χ4n) is 9.29. The van der Waals surface area contributed by atoms with Gasteiger partial charge in [-0.15, -0.1) is 0 Å². The Bertz CT molecular complexity index is 2740. The van der Waals surface area contributed by atoms with E-state index in [-0.39, 0.29) is 25.7 Å². The standard InChI is InChI=1S/C85H134O17P2/c1-5-9-13-17-21-25-29-32-35-37-39-41-44-47-51-54-58-62-66-70-83(88)96-76-81(102-85(90)72-68-64-60-56-52-48-45-42-40-38-36-33-30-26-22-18-14-10-6-2)78-100-104(93,94)98-74-79(86)73-97-103(91,92)99-77-80(101-84(89)71-67-63-59-55-49-28-24-20-16-12-8-4)75-95-82(87)69-65-61-57-53-50-46-43-34-31-27-23-19-15-11-7-3/h9-11,13-15,20-27,32-36,39-43,47,50-51,53,58,61-62,65,79-81,86H,5-8,12,16-19,28-31,37-38,44-46,48-49,52,54-57,59-60,63-64,66-78H2,1-4H3,(H,91,92)(H,93,94)/b13-9-,14-10-,15-11-,24-20-,25-21-,26-22-,27-23-,35-32-,36-33-,41-39-,42-40-,43-34-,51-47-,53-50-,62-58-,65-61-. The van der Waals surface area contributed by atoms with E-state index in [4.69, 9.17) is 37.0 Å². The van der Waals surface area contributed by atoms with Gasteiger partial charge in [-0.3, -0.25) is 37.3 Å². The Morgan fingerprint density at radius 3 is 0.904 bits per heavy atom. The zero-order chi connectivity index (χ0) is 76.0. The van der Waals surface area contributed by atoms with E-state index in [0.717, 1.165) is 167 Å². The molecule has 0 radical (unpaired) electrons. The van der Waals surface area contributed by atoms with Crippen molar-refractivity contribution in [1.82, 2.24) is 0 Å². The van der Waals surface area contributed by atoms with Crippen molar-refractivity contribution in [3.05, 3.63) is 194 Å². The Hall–Kier alpha value is -6.10. The number of carbonyl (C=O) groups excluding carboxylic acids is 4. The number of ether oxygens (including phenoxy) is 4. The molecule has 5 atom stereocenters. The van der Waals surface area contributed by atoms with Gasteiger partial charge in [0.05, 0.1) is 32.8 Å². The van der Waals surface area contributed by atoms with Crippen LogP contribution in [0.4, 0.5) is 0 Å². The summed E-state index contributed by atoms with van der Waals surface area (Å²) in [5.74, 6) is -2.47. The van der Waals surface area contributed by atoms with Gasteiger partial charge in [-0.1, -0.05) is 280 Å². The molecule has 0 fully saturated rings. The summed E-state index contributed by atoms with van der Waals surface area (Å²) in [7, 11) is -10.0. The number of esters is 4. The number of aliphatic hydroxyl groups is 1. The number of phosphoric acid groups is 2. The van der Waals surface area contributed by atoms with Crippen LogP contribution < -0.4 is 0 Å². The van der Waals surface area contributed by atoms with Crippen LogP contribution in [0.3, 0.4) is 0 Å². The summed E-state index contributed by atoms with van der Waals surface area (Å²) in [4.78, 5) is 72.8. The fourth-order valence-corrected chi connectivity index (χ4v) is 10.9. The molecule has 0 heterocycles. The van der Waals surface area contributed by atoms with Crippen molar-refractivity contribution in [1.29, 1.82) is 0 Å². The Balaban J connectivity index is 5.51. The molecule has 0 aromatic carbocycles.